The fraction of sp³-hybridized carbons (Fsp3) is 0.400. The Morgan fingerprint density at radius 3 is 1.87 bits per heavy atom. The number of carboxylic acid groups (broad SMARTS) is 3. The first-order chi connectivity index (χ1) is 21.6. The van der Waals surface area contributed by atoms with Gasteiger partial charge < -0.3 is 20.1 Å². The number of nitrogens with zero attached hydrogens (tertiary/aromatic N) is 6. The van der Waals surface area contributed by atoms with E-state index in [1.165, 1.54) is 11.3 Å². The van der Waals surface area contributed by atoms with Gasteiger partial charge in [-0.2, -0.15) is 39.5 Å². The molecule has 1 aliphatic rings. The summed E-state index contributed by atoms with van der Waals surface area (Å²) in [5.74, 6) is -8.04. The summed E-state index contributed by atoms with van der Waals surface area (Å²) in [7, 11) is 1.95. The van der Waals surface area contributed by atoms with Gasteiger partial charge >= 0.3 is 36.4 Å². The summed E-state index contributed by atoms with van der Waals surface area (Å²) in [4.78, 5) is 37.6. The number of aryl methyl sites for hydroxylation is 1. The first-order valence-electron chi connectivity index (χ1n) is 12.5. The molecule has 4 rings (SSSR count). The van der Waals surface area contributed by atoms with Crippen LogP contribution >= 0.6 is 0 Å². The fourth-order valence-corrected chi connectivity index (χ4v) is 3.49. The second-order valence-electron chi connectivity index (χ2n) is 9.02. The minimum absolute atomic E-state index is 0.235. The molecule has 47 heavy (non-hydrogen) atoms. The van der Waals surface area contributed by atoms with Crippen LogP contribution in [0, 0.1) is 0 Å². The lowest BCUT2D eigenvalue weighted by atomic mass is 9.98. The third-order valence-corrected chi connectivity index (χ3v) is 5.33. The summed E-state index contributed by atoms with van der Waals surface area (Å²) in [5.41, 5.74) is 4.36. The highest BCUT2D eigenvalue weighted by Crippen LogP contribution is 2.28. The van der Waals surface area contributed by atoms with Crippen LogP contribution in [-0.2, 0) is 45.9 Å². The lowest BCUT2D eigenvalue weighted by Gasteiger charge is -2.32. The topological polar surface area (TPSA) is 181 Å². The van der Waals surface area contributed by atoms with Gasteiger partial charge in [0.25, 0.3) is 0 Å². The van der Waals surface area contributed by atoms with Gasteiger partial charge in [-0.3, -0.25) is 19.5 Å². The first-order valence-corrected chi connectivity index (χ1v) is 12.5. The summed E-state index contributed by atoms with van der Waals surface area (Å²) >= 11 is 0. The molecule has 22 heteroatoms. The number of fused-ring (bicyclic) bond motifs is 1. The number of halogens is 9. The van der Waals surface area contributed by atoms with E-state index in [0.29, 0.717) is 13.2 Å². The molecular formula is C25H25F9N6O7. The van der Waals surface area contributed by atoms with Crippen molar-refractivity contribution in [3.05, 3.63) is 71.6 Å². The van der Waals surface area contributed by atoms with E-state index in [-0.39, 0.29) is 5.92 Å². The zero-order chi connectivity index (χ0) is 36.0. The Kier molecular flexibility index (Phi) is 15.2. The van der Waals surface area contributed by atoms with Crippen LogP contribution in [-0.4, -0.2) is 94.8 Å². The molecule has 1 aliphatic heterocycles. The van der Waals surface area contributed by atoms with Gasteiger partial charge in [0.05, 0.1) is 24.6 Å². The molecule has 0 radical (unpaired) electrons. The zero-order valence-electron chi connectivity index (χ0n) is 23.8. The van der Waals surface area contributed by atoms with Crippen LogP contribution in [0.5, 0.6) is 0 Å². The number of carboxylic acids is 3. The molecule has 1 unspecified atom stereocenters. The molecule has 3 N–H and O–H groups in total. The second-order valence-corrected chi connectivity index (χ2v) is 9.02. The van der Waals surface area contributed by atoms with E-state index in [2.05, 4.69) is 31.2 Å². The molecule has 0 spiro atoms. The second kappa shape index (κ2) is 17.7. The van der Waals surface area contributed by atoms with E-state index in [9.17, 15) is 39.5 Å². The number of aromatic nitrogens is 5. The number of alkyl halides is 9. The Morgan fingerprint density at radius 2 is 1.43 bits per heavy atom. The van der Waals surface area contributed by atoms with Crippen LogP contribution in [0.1, 0.15) is 28.6 Å². The minimum atomic E-state index is -5.08. The molecule has 3 aromatic rings. The van der Waals surface area contributed by atoms with E-state index in [4.69, 9.17) is 34.4 Å². The quantitative estimate of drug-likeness (QED) is 0.319. The van der Waals surface area contributed by atoms with Crippen molar-refractivity contribution in [3.8, 4) is 0 Å². The van der Waals surface area contributed by atoms with Crippen LogP contribution in [0.25, 0.3) is 0 Å². The summed E-state index contributed by atoms with van der Waals surface area (Å²) < 4.78 is 103. The summed E-state index contributed by atoms with van der Waals surface area (Å²) in [5, 5.41) is 29.9. The standard InChI is InChI=1S/C19H22N6O.3C2HF3O2/c1-24-19-16(13-26-14-17-6-2-3-8-21-17)11-25(12-18(19)22-23-24)10-15-5-4-7-20-9-15;3*3-2(4,5)1(6)7/h2-9,16H,10-14H2,1H3;3*(H,6,7). The number of aliphatic carboxylic acids is 3. The van der Waals surface area contributed by atoms with E-state index in [1.54, 1.807) is 12.4 Å². The zero-order valence-corrected chi connectivity index (χ0v) is 23.8. The lowest BCUT2D eigenvalue weighted by molar-refractivity contribution is -0.193. The Balaban J connectivity index is 0.000000430. The molecule has 13 nitrogen and oxygen atoms in total. The van der Waals surface area contributed by atoms with Crippen LogP contribution in [0.15, 0.2) is 48.9 Å². The van der Waals surface area contributed by atoms with Crippen molar-refractivity contribution in [1.82, 2.24) is 29.9 Å². The molecule has 260 valence electrons. The monoisotopic (exact) mass is 692 g/mol. The third-order valence-electron chi connectivity index (χ3n) is 5.33. The maximum atomic E-state index is 10.6. The number of hydrogen-bond donors (Lipinski definition) is 3. The highest BCUT2D eigenvalue weighted by atomic mass is 19.4. The summed E-state index contributed by atoms with van der Waals surface area (Å²) in [6, 6.07) is 9.94. The molecule has 0 bridgehead atoms. The van der Waals surface area contributed by atoms with Crippen LogP contribution in [0.4, 0.5) is 39.5 Å². The van der Waals surface area contributed by atoms with E-state index < -0.39 is 36.4 Å². The number of rotatable bonds is 6. The maximum absolute atomic E-state index is 10.6. The average Bonchev–Trinajstić information content (AvgIpc) is 3.34. The number of pyridine rings is 2. The van der Waals surface area contributed by atoms with Crippen molar-refractivity contribution in [2.75, 3.05) is 13.2 Å². The van der Waals surface area contributed by atoms with Gasteiger partial charge in [-0.25, -0.2) is 14.4 Å². The molecule has 3 aromatic heterocycles. The van der Waals surface area contributed by atoms with Crippen molar-refractivity contribution < 1.29 is 74.0 Å². The maximum Gasteiger partial charge on any atom is 0.490 e. The molecular weight excluding hydrogens is 667 g/mol. The van der Waals surface area contributed by atoms with E-state index in [0.717, 1.165) is 31.0 Å². The smallest absolute Gasteiger partial charge is 0.475 e. The van der Waals surface area contributed by atoms with Crippen molar-refractivity contribution in [2.45, 2.75) is 44.1 Å². The molecule has 0 amide bonds. The fourth-order valence-electron chi connectivity index (χ4n) is 3.49. The van der Waals surface area contributed by atoms with Crippen molar-refractivity contribution in [1.29, 1.82) is 0 Å². The van der Waals surface area contributed by atoms with Gasteiger partial charge in [0.2, 0.25) is 0 Å². The molecule has 0 aliphatic carbocycles. The Morgan fingerprint density at radius 1 is 0.872 bits per heavy atom. The Hall–Kier alpha value is -4.86. The lowest BCUT2D eigenvalue weighted by Crippen LogP contribution is -2.36. The van der Waals surface area contributed by atoms with E-state index >= 15 is 0 Å². The molecule has 0 aromatic carbocycles. The molecule has 0 saturated heterocycles. The van der Waals surface area contributed by atoms with Crippen LogP contribution in [0.2, 0.25) is 0 Å². The number of hydrogen-bond acceptors (Lipinski definition) is 9. The van der Waals surface area contributed by atoms with Crippen molar-refractivity contribution in [2.24, 2.45) is 7.05 Å². The SMILES string of the molecule is Cn1nnc2c1C(COCc1ccccn1)CN(Cc1cccnc1)C2.O=C(O)C(F)(F)F.O=C(O)C(F)(F)F.O=C(O)C(F)(F)F. The Labute approximate surface area is 258 Å². The summed E-state index contributed by atoms with van der Waals surface area (Å²) in [6.45, 7) is 3.69. The average molecular weight is 692 g/mol. The van der Waals surface area contributed by atoms with Gasteiger partial charge in [-0.1, -0.05) is 17.3 Å². The van der Waals surface area contributed by atoms with E-state index in [1.807, 2.05) is 42.2 Å². The largest absolute Gasteiger partial charge is 0.490 e. The predicted molar refractivity (Wildman–Crippen MR) is 137 cm³/mol. The highest BCUT2D eigenvalue weighted by Gasteiger charge is 2.39. The number of ether oxygens (including phenoxy) is 1. The molecule has 0 fully saturated rings. The van der Waals surface area contributed by atoms with Gasteiger partial charge in [0.15, 0.2) is 0 Å². The van der Waals surface area contributed by atoms with Gasteiger partial charge in [0.1, 0.15) is 5.69 Å². The van der Waals surface area contributed by atoms with Gasteiger partial charge in [0, 0.05) is 51.2 Å². The number of carbonyl (C=O) groups is 3. The highest BCUT2D eigenvalue weighted by molar-refractivity contribution is 5.73. The molecule has 4 heterocycles. The van der Waals surface area contributed by atoms with Crippen molar-refractivity contribution >= 4 is 17.9 Å². The molecule has 0 saturated carbocycles. The normalized spacial score (nSPS) is 14.6. The predicted octanol–water partition coefficient (Wildman–Crippen LogP) is 3.82. The van der Waals surface area contributed by atoms with Crippen LogP contribution in [0.3, 0.4) is 0 Å². The van der Waals surface area contributed by atoms with Gasteiger partial charge in [-0.15, -0.1) is 5.10 Å². The first kappa shape index (κ1) is 40.2. The van der Waals surface area contributed by atoms with Crippen molar-refractivity contribution in [3.63, 3.8) is 0 Å². The molecule has 1 atom stereocenters. The van der Waals surface area contributed by atoms with Crippen LogP contribution < -0.4 is 0 Å². The minimum Gasteiger partial charge on any atom is -0.475 e. The van der Waals surface area contributed by atoms with Gasteiger partial charge in [-0.05, 0) is 23.8 Å². The third kappa shape index (κ3) is 15.3. The summed E-state index contributed by atoms with van der Waals surface area (Å²) in [6.07, 6.45) is -9.74. The Bertz CT molecular complexity index is 1360.